The molecule has 0 fully saturated rings. The second-order valence-corrected chi connectivity index (χ2v) is 2.05. The van der Waals surface area contributed by atoms with Crippen molar-refractivity contribution in [2.24, 2.45) is 0 Å². The topological polar surface area (TPSA) is 56.1 Å². The van der Waals surface area contributed by atoms with Gasteiger partial charge in [0.1, 0.15) is 17.5 Å². The average molecular weight is 171 g/mol. The maximum atomic E-state index is 12.4. The van der Waals surface area contributed by atoms with Crippen LogP contribution in [0.25, 0.3) is 0 Å². The quantitative estimate of drug-likeness (QED) is 0.336. The van der Waals surface area contributed by atoms with Crippen LogP contribution in [0, 0.1) is 23.1 Å². The lowest BCUT2D eigenvalue weighted by Crippen LogP contribution is -2.18. The van der Waals surface area contributed by atoms with E-state index in [1.165, 1.54) is 5.48 Å². The summed E-state index contributed by atoms with van der Waals surface area (Å²) in [4.78, 5) is 0. The Morgan fingerprint density at radius 3 is 2.33 bits per heavy atom. The number of halogens is 2. The Bertz CT molecular complexity index is 294. The van der Waals surface area contributed by atoms with Crippen molar-refractivity contribution in [2.75, 3.05) is 0 Å². The fourth-order valence-corrected chi connectivity index (χ4v) is 0.710. The Morgan fingerprint density at radius 2 is 1.92 bits per heavy atom. The molecular formula is C7H5F2N2O. The number of amidine groups is 1. The van der Waals surface area contributed by atoms with Gasteiger partial charge in [-0.05, 0) is 12.1 Å². The van der Waals surface area contributed by atoms with Gasteiger partial charge < -0.3 is 0 Å². The second kappa shape index (κ2) is 3.27. The molecule has 63 valence electrons. The molecular weight excluding hydrogens is 166 g/mol. The molecule has 1 aromatic rings. The molecule has 1 rings (SSSR count). The fraction of sp³-hybridized carbons (Fsp3) is 0. The average Bonchev–Trinajstić information content (AvgIpc) is 2.01. The van der Waals surface area contributed by atoms with E-state index in [9.17, 15) is 8.78 Å². The maximum absolute atomic E-state index is 12.4. The predicted molar refractivity (Wildman–Crippen MR) is 36.9 cm³/mol. The summed E-state index contributed by atoms with van der Waals surface area (Å²) in [6, 6.07) is 3.52. The molecule has 5 heteroatoms. The largest absolute Gasteiger partial charge is 0.290 e. The minimum Gasteiger partial charge on any atom is -0.290 e. The summed E-state index contributed by atoms with van der Waals surface area (Å²) in [5.74, 6) is -2.29. The Balaban J connectivity index is 3.08. The lowest BCUT2D eigenvalue weighted by atomic mass is 10.2. The van der Waals surface area contributed by atoms with Gasteiger partial charge in [0.05, 0.1) is 6.07 Å². The molecule has 0 unspecified atom stereocenters. The van der Waals surface area contributed by atoms with Gasteiger partial charge in [0.2, 0.25) is 0 Å². The zero-order chi connectivity index (χ0) is 9.14. The Morgan fingerprint density at radius 1 is 1.42 bits per heavy atom. The van der Waals surface area contributed by atoms with Crippen molar-refractivity contribution in [1.82, 2.24) is 5.48 Å². The fourth-order valence-electron chi connectivity index (χ4n) is 0.710. The number of hydrogen-bond acceptors (Lipinski definition) is 2. The molecule has 0 saturated carbocycles. The molecule has 0 aliphatic rings. The highest BCUT2D eigenvalue weighted by molar-refractivity contribution is 5.95. The lowest BCUT2D eigenvalue weighted by molar-refractivity contribution is 0.234. The van der Waals surface area contributed by atoms with Gasteiger partial charge in [-0.3, -0.25) is 16.1 Å². The third-order valence-electron chi connectivity index (χ3n) is 1.20. The van der Waals surface area contributed by atoms with Crippen LogP contribution in [0.2, 0.25) is 0 Å². The Kier molecular flexibility index (Phi) is 2.35. The van der Waals surface area contributed by atoms with Crippen molar-refractivity contribution in [3.8, 4) is 0 Å². The van der Waals surface area contributed by atoms with Crippen molar-refractivity contribution in [3.63, 3.8) is 0 Å². The Labute approximate surface area is 67.1 Å². The number of hydrogen-bond donors (Lipinski definition) is 3. The van der Waals surface area contributed by atoms with Gasteiger partial charge in [0.25, 0.3) is 0 Å². The minimum atomic E-state index is -0.912. The molecule has 3 nitrogen and oxygen atoms in total. The van der Waals surface area contributed by atoms with Crippen molar-refractivity contribution >= 4 is 5.84 Å². The first-order valence-corrected chi connectivity index (χ1v) is 3.01. The first-order valence-electron chi connectivity index (χ1n) is 3.01. The molecule has 0 atom stereocenters. The third-order valence-corrected chi connectivity index (χ3v) is 1.20. The van der Waals surface area contributed by atoms with E-state index in [2.05, 4.69) is 0 Å². The molecule has 0 aliphatic heterocycles. The molecule has 1 radical (unpaired) electrons. The second-order valence-electron chi connectivity index (χ2n) is 2.05. The van der Waals surface area contributed by atoms with Crippen LogP contribution in [0.3, 0.4) is 0 Å². The van der Waals surface area contributed by atoms with E-state index in [0.717, 1.165) is 12.1 Å². The van der Waals surface area contributed by atoms with Crippen LogP contribution in [0.5, 0.6) is 0 Å². The minimum absolute atomic E-state index is 0.0775. The van der Waals surface area contributed by atoms with E-state index in [-0.39, 0.29) is 5.56 Å². The summed E-state index contributed by atoms with van der Waals surface area (Å²) in [6.07, 6.45) is 0. The van der Waals surface area contributed by atoms with E-state index < -0.39 is 17.5 Å². The van der Waals surface area contributed by atoms with Crippen LogP contribution >= 0.6 is 0 Å². The zero-order valence-electron chi connectivity index (χ0n) is 5.86. The van der Waals surface area contributed by atoms with Crippen LogP contribution in [-0.4, -0.2) is 11.0 Å². The summed E-state index contributed by atoms with van der Waals surface area (Å²) in [5, 5.41) is 15.2. The van der Waals surface area contributed by atoms with Crippen LogP contribution in [0.15, 0.2) is 12.1 Å². The molecule has 3 N–H and O–H groups in total. The number of rotatable bonds is 1. The molecule has 0 amide bonds. The van der Waals surface area contributed by atoms with Crippen molar-refractivity contribution in [1.29, 1.82) is 5.41 Å². The summed E-state index contributed by atoms with van der Waals surface area (Å²) >= 11 is 0. The standard InChI is InChI=1S/C7H5F2N2O/c8-5-1-4(7(10)11-12)2-6(9)3-5/h1-2,12H,(H2,10,11). The van der Waals surface area contributed by atoms with Crippen LogP contribution in [-0.2, 0) is 0 Å². The SMILES string of the molecule is N=C(NO)c1cc(F)[c]c(F)c1. The Hall–Kier alpha value is -1.49. The summed E-state index contributed by atoms with van der Waals surface area (Å²) < 4.78 is 24.8. The highest BCUT2D eigenvalue weighted by atomic mass is 19.1. The summed E-state index contributed by atoms with van der Waals surface area (Å²) in [7, 11) is 0. The van der Waals surface area contributed by atoms with E-state index in [1.807, 2.05) is 0 Å². The summed E-state index contributed by atoms with van der Waals surface area (Å²) in [6.45, 7) is 0. The first kappa shape index (κ1) is 8.61. The van der Waals surface area contributed by atoms with Crippen LogP contribution in [0.4, 0.5) is 8.78 Å². The molecule has 0 aromatic heterocycles. The van der Waals surface area contributed by atoms with Gasteiger partial charge in [-0.1, -0.05) is 0 Å². The van der Waals surface area contributed by atoms with Crippen LogP contribution in [0.1, 0.15) is 5.56 Å². The van der Waals surface area contributed by atoms with E-state index in [0.29, 0.717) is 0 Å². The molecule has 0 spiro atoms. The van der Waals surface area contributed by atoms with Gasteiger partial charge in [-0.15, -0.1) is 0 Å². The van der Waals surface area contributed by atoms with E-state index in [4.69, 9.17) is 10.6 Å². The summed E-state index contributed by atoms with van der Waals surface area (Å²) in [5.41, 5.74) is 1.39. The van der Waals surface area contributed by atoms with Gasteiger partial charge in [-0.2, -0.15) is 0 Å². The monoisotopic (exact) mass is 171 g/mol. The lowest BCUT2D eigenvalue weighted by Gasteiger charge is -2.00. The number of nitrogens with one attached hydrogen (secondary N) is 2. The van der Waals surface area contributed by atoms with Gasteiger partial charge >= 0.3 is 0 Å². The third kappa shape index (κ3) is 1.76. The van der Waals surface area contributed by atoms with Crippen molar-refractivity contribution in [3.05, 3.63) is 35.4 Å². The highest BCUT2D eigenvalue weighted by Crippen LogP contribution is 2.06. The molecule has 1 aromatic carbocycles. The van der Waals surface area contributed by atoms with Crippen LogP contribution < -0.4 is 5.48 Å². The van der Waals surface area contributed by atoms with E-state index in [1.54, 1.807) is 6.07 Å². The smallest absolute Gasteiger partial charge is 0.149 e. The number of hydroxylamine groups is 1. The van der Waals surface area contributed by atoms with Crippen molar-refractivity contribution in [2.45, 2.75) is 0 Å². The molecule has 0 heterocycles. The first-order chi connectivity index (χ1) is 5.63. The van der Waals surface area contributed by atoms with Crippen molar-refractivity contribution < 1.29 is 14.0 Å². The normalized spacial score (nSPS) is 9.58. The predicted octanol–water partition coefficient (Wildman–Crippen LogP) is 1.07. The molecule has 0 bridgehead atoms. The molecule has 0 saturated heterocycles. The molecule has 0 aliphatic carbocycles. The number of benzene rings is 1. The van der Waals surface area contributed by atoms with Gasteiger partial charge in [-0.25, -0.2) is 8.78 Å². The highest BCUT2D eigenvalue weighted by Gasteiger charge is 2.04. The molecule has 12 heavy (non-hydrogen) atoms. The van der Waals surface area contributed by atoms with E-state index >= 15 is 0 Å². The zero-order valence-corrected chi connectivity index (χ0v) is 5.86. The maximum Gasteiger partial charge on any atom is 0.149 e. The van der Waals surface area contributed by atoms with Gasteiger partial charge in [0, 0.05) is 5.56 Å². The van der Waals surface area contributed by atoms with Gasteiger partial charge in [0.15, 0.2) is 0 Å².